The zero-order chi connectivity index (χ0) is 32.8. The summed E-state index contributed by atoms with van der Waals surface area (Å²) in [6.07, 6.45) is 0. The Morgan fingerprint density at radius 3 is 1.55 bits per heavy atom. The third kappa shape index (κ3) is 6.75. The zero-order valence-corrected chi connectivity index (χ0v) is 26.8. The quantitative estimate of drug-likeness (QED) is 0.435. The standard InChI is InChI=1S/C31H40B2F2N2O7/c1-19(38)18-37(27(40)21-11-13-23(25(35)17-21)33-43-30(6,7)31(8,9)44-33)15-14-36-26(39)20-10-12-22(24(34)16-20)32-41-28(2,3)29(4,5)42-32/h10-13,16-17H,14-15,18H2,1-9H3,(H,36,39). The average Bonchev–Trinajstić information content (AvgIpc) is 3.25. The first-order valence-corrected chi connectivity index (χ1v) is 14.6. The Balaban J connectivity index is 1.40. The molecular weight excluding hydrogens is 572 g/mol. The van der Waals surface area contributed by atoms with Crippen LogP contribution in [0.3, 0.4) is 0 Å². The lowest BCUT2D eigenvalue weighted by molar-refractivity contribution is -0.117. The van der Waals surface area contributed by atoms with Gasteiger partial charge in [-0.3, -0.25) is 14.4 Å². The van der Waals surface area contributed by atoms with E-state index in [4.69, 9.17) is 18.6 Å². The van der Waals surface area contributed by atoms with Crippen LogP contribution in [0.1, 0.15) is 83.0 Å². The first-order valence-electron chi connectivity index (χ1n) is 14.6. The number of halogens is 2. The van der Waals surface area contributed by atoms with E-state index in [9.17, 15) is 14.4 Å². The van der Waals surface area contributed by atoms with Gasteiger partial charge in [-0.1, -0.05) is 12.1 Å². The molecule has 2 aromatic carbocycles. The van der Waals surface area contributed by atoms with Crippen molar-refractivity contribution in [2.45, 2.75) is 84.7 Å². The lowest BCUT2D eigenvalue weighted by Crippen LogP contribution is -2.41. The van der Waals surface area contributed by atoms with E-state index < -0.39 is 60.1 Å². The maximum absolute atomic E-state index is 15.2. The normalized spacial score (nSPS) is 19.6. The summed E-state index contributed by atoms with van der Waals surface area (Å²) in [5.74, 6) is -2.80. The molecule has 44 heavy (non-hydrogen) atoms. The number of ketones is 1. The summed E-state index contributed by atoms with van der Waals surface area (Å²) in [5.41, 5.74) is -2.21. The predicted molar refractivity (Wildman–Crippen MR) is 163 cm³/mol. The van der Waals surface area contributed by atoms with Gasteiger partial charge >= 0.3 is 14.2 Å². The van der Waals surface area contributed by atoms with E-state index in [1.54, 1.807) is 0 Å². The molecule has 0 aromatic heterocycles. The highest BCUT2D eigenvalue weighted by Gasteiger charge is 2.53. The van der Waals surface area contributed by atoms with Crippen LogP contribution >= 0.6 is 0 Å². The van der Waals surface area contributed by atoms with Crippen LogP contribution < -0.4 is 16.2 Å². The van der Waals surface area contributed by atoms with E-state index in [1.807, 2.05) is 55.4 Å². The Morgan fingerprint density at radius 1 is 0.727 bits per heavy atom. The monoisotopic (exact) mass is 612 g/mol. The Hall–Kier alpha value is -3.12. The molecule has 0 saturated carbocycles. The molecule has 2 saturated heterocycles. The molecular formula is C31H40B2F2N2O7. The highest BCUT2D eigenvalue weighted by atomic mass is 19.1. The molecule has 2 aromatic rings. The third-order valence-corrected chi connectivity index (χ3v) is 8.89. The van der Waals surface area contributed by atoms with Crippen LogP contribution in [-0.2, 0) is 23.4 Å². The number of Topliss-reactive ketones (excluding diaryl/α,β-unsaturated/α-hetero) is 1. The fraction of sp³-hybridized carbons (Fsp3) is 0.516. The van der Waals surface area contributed by atoms with E-state index in [-0.39, 0.29) is 47.5 Å². The van der Waals surface area contributed by atoms with Crippen molar-refractivity contribution < 1.29 is 41.8 Å². The molecule has 2 amide bonds. The number of nitrogens with zero attached hydrogens (tertiary/aromatic N) is 1. The van der Waals surface area contributed by atoms with Gasteiger partial charge in [0, 0.05) is 35.1 Å². The van der Waals surface area contributed by atoms with Crippen LogP contribution in [-0.4, -0.2) is 78.8 Å². The van der Waals surface area contributed by atoms with Gasteiger partial charge in [-0.05, 0) is 86.6 Å². The van der Waals surface area contributed by atoms with Crippen molar-refractivity contribution in [3.8, 4) is 0 Å². The number of carbonyl (C=O) groups is 3. The van der Waals surface area contributed by atoms with Gasteiger partial charge in [0.05, 0.1) is 28.9 Å². The number of carbonyl (C=O) groups excluding carboxylic acids is 3. The summed E-state index contributed by atoms with van der Waals surface area (Å²) >= 11 is 0. The molecule has 13 heteroatoms. The van der Waals surface area contributed by atoms with Crippen molar-refractivity contribution in [2.75, 3.05) is 19.6 Å². The second kappa shape index (κ2) is 12.0. The van der Waals surface area contributed by atoms with Gasteiger partial charge in [-0.25, -0.2) is 8.78 Å². The summed E-state index contributed by atoms with van der Waals surface area (Å²) in [6, 6.07) is 7.96. The van der Waals surface area contributed by atoms with E-state index in [0.717, 1.165) is 12.1 Å². The van der Waals surface area contributed by atoms with Gasteiger partial charge in [0.2, 0.25) is 0 Å². The average molecular weight is 612 g/mol. The van der Waals surface area contributed by atoms with Crippen LogP contribution in [0, 0.1) is 11.6 Å². The second-order valence-corrected chi connectivity index (χ2v) is 13.3. The van der Waals surface area contributed by atoms with Gasteiger partial charge < -0.3 is 28.8 Å². The van der Waals surface area contributed by atoms with Crippen molar-refractivity contribution in [2.24, 2.45) is 0 Å². The lowest BCUT2D eigenvalue weighted by atomic mass is 9.78. The zero-order valence-electron chi connectivity index (χ0n) is 26.8. The molecule has 2 fully saturated rings. The molecule has 0 spiro atoms. The number of rotatable bonds is 9. The summed E-state index contributed by atoms with van der Waals surface area (Å²) in [7, 11) is -1.86. The van der Waals surface area contributed by atoms with Crippen LogP contribution in [0.4, 0.5) is 8.78 Å². The molecule has 236 valence electrons. The van der Waals surface area contributed by atoms with E-state index >= 15 is 8.78 Å². The number of hydrogen-bond donors (Lipinski definition) is 1. The number of nitrogens with one attached hydrogen (secondary N) is 1. The van der Waals surface area contributed by atoms with Gasteiger partial charge in [0.1, 0.15) is 17.4 Å². The number of benzene rings is 2. The van der Waals surface area contributed by atoms with Crippen LogP contribution in [0.2, 0.25) is 0 Å². The second-order valence-electron chi connectivity index (χ2n) is 13.3. The molecule has 1 N–H and O–H groups in total. The van der Waals surface area contributed by atoms with Crippen molar-refractivity contribution in [3.05, 3.63) is 59.2 Å². The fourth-order valence-corrected chi connectivity index (χ4v) is 4.76. The summed E-state index contributed by atoms with van der Waals surface area (Å²) < 4.78 is 53.8. The first-order chi connectivity index (χ1) is 20.2. The molecule has 4 rings (SSSR count). The van der Waals surface area contributed by atoms with Crippen molar-refractivity contribution >= 4 is 42.8 Å². The minimum atomic E-state index is -0.941. The van der Waals surface area contributed by atoms with E-state index in [2.05, 4.69) is 5.32 Å². The molecule has 0 aliphatic carbocycles. The van der Waals surface area contributed by atoms with Gasteiger partial charge in [-0.2, -0.15) is 0 Å². The van der Waals surface area contributed by atoms with Crippen LogP contribution in [0.25, 0.3) is 0 Å². The number of hydrogen-bond acceptors (Lipinski definition) is 7. The topological polar surface area (TPSA) is 103 Å². The molecule has 9 nitrogen and oxygen atoms in total. The molecule has 0 unspecified atom stereocenters. The maximum Gasteiger partial charge on any atom is 0.497 e. The predicted octanol–water partition coefficient (Wildman–Crippen LogP) is 3.02. The molecule has 2 aliphatic rings. The molecule has 0 atom stereocenters. The lowest BCUT2D eigenvalue weighted by Gasteiger charge is -2.32. The fourth-order valence-electron chi connectivity index (χ4n) is 4.76. The van der Waals surface area contributed by atoms with Crippen LogP contribution in [0.5, 0.6) is 0 Å². The molecule has 0 bridgehead atoms. The van der Waals surface area contributed by atoms with Crippen molar-refractivity contribution in [1.82, 2.24) is 10.2 Å². The van der Waals surface area contributed by atoms with E-state index in [1.165, 1.54) is 36.1 Å². The van der Waals surface area contributed by atoms with Crippen LogP contribution in [0.15, 0.2) is 36.4 Å². The summed E-state index contributed by atoms with van der Waals surface area (Å²) in [5, 5.41) is 2.64. The van der Waals surface area contributed by atoms with Gasteiger partial charge in [0.25, 0.3) is 11.8 Å². The highest BCUT2D eigenvalue weighted by Crippen LogP contribution is 2.37. The summed E-state index contributed by atoms with van der Waals surface area (Å²) in [4.78, 5) is 39.2. The van der Waals surface area contributed by atoms with Gasteiger partial charge in [0.15, 0.2) is 0 Å². The van der Waals surface area contributed by atoms with Crippen molar-refractivity contribution in [1.29, 1.82) is 0 Å². The Bertz CT molecular complexity index is 1430. The Morgan fingerprint density at radius 2 is 1.14 bits per heavy atom. The minimum Gasteiger partial charge on any atom is -0.399 e. The highest BCUT2D eigenvalue weighted by molar-refractivity contribution is 6.62. The smallest absolute Gasteiger partial charge is 0.399 e. The first kappa shape index (κ1) is 33.8. The van der Waals surface area contributed by atoms with Gasteiger partial charge in [-0.15, -0.1) is 0 Å². The number of amides is 2. The summed E-state index contributed by atoms with van der Waals surface area (Å²) in [6.45, 7) is 15.9. The maximum atomic E-state index is 15.2. The Kier molecular flexibility index (Phi) is 9.21. The largest absolute Gasteiger partial charge is 0.497 e. The Labute approximate surface area is 258 Å². The van der Waals surface area contributed by atoms with E-state index in [0.29, 0.717) is 0 Å². The third-order valence-electron chi connectivity index (χ3n) is 8.89. The molecule has 0 radical (unpaired) electrons. The molecule has 2 heterocycles. The van der Waals surface area contributed by atoms with Crippen molar-refractivity contribution in [3.63, 3.8) is 0 Å². The minimum absolute atomic E-state index is 0.0238. The molecule has 2 aliphatic heterocycles. The SMILES string of the molecule is CC(=O)CN(CCNC(=O)c1ccc(B2OC(C)(C)C(C)(C)O2)c(F)c1)C(=O)c1ccc(B2OC(C)(C)C(C)(C)O2)c(F)c1.